The summed E-state index contributed by atoms with van der Waals surface area (Å²) in [6.07, 6.45) is 7.52. The molecule has 0 saturated heterocycles. The van der Waals surface area contributed by atoms with E-state index in [9.17, 15) is 4.79 Å². The van der Waals surface area contributed by atoms with Gasteiger partial charge in [0.2, 0.25) is 0 Å². The molecule has 0 radical (unpaired) electrons. The summed E-state index contributed by atoms with van der Waals surface area (Å²) in [6.45, 7) is 0.461. The van der Waals surface area contributed by atoms with Gasteiger partial charge in [-0.05, 0) is 31.0 Å². The fourth-order valence-electron chi connectivity index (χ4n) is 2.86. The molecule has 2 heterocycles. The summed E-state index contributed by atoms with van der Waals surface area (Å²) in [5, 5.41) is 0. The summed E-state index contributed by atoms with van der Waals surface area (Å²) in [4.78, 5) is 22.8. The molecule has 3 rings (SSSR count). The first kappa shape index (κ1) is 14.6. The Kier molecular flexibility index (Phi) is 4.37. The Morgan fingerprint density at radius 1 is 1.41 bits per heavy atom. The van der Waals surface area contributed by atoms with E-state index in [4.69, 9.17) is 9.15 Å². The van der Waals surface area contributed by atoms with Gasteiger partial charge >= 0.3 is 6.01 Å². The van der Waals surface area contributed by atoms with Crippen LogP contribution in [0.2, 0.25) is 0 Å². The smallest absolute Gasteiger partial charge is 0.316 e. The number of amides is 1. The maximum Gasteiger partial charge on any atom is 0.316 e. The monoisotopic (exact) mass is 301 g/mol. The van der Waals surface area contributed by atoms with E-state index in [1.807, 2.05) is 17.0 Å². The molecule has 0 unspecified atom stereocenters. The molecule has 6 nitrogen and oxygen atoms in total. The fourth-order valence-corrected chi connectivity index (χ4v) is 2.86. The molecule has 22 heavy (non-hydrogen) atoms. The summed E-state index contributed by atoms with van der Waals surface area (Å²) in [5.41, 5.74) is 0.352. The summed E-state index contributed by atoms with van der Waals surface area (Å²) in [7, 11) is 1.49. The van der Waals surface area contributed by atoms with Gasteiger partial charge in [-0.2, -0.15) is 4.98 Å². The largest absolute Gasteiger partial charge is 0.467 e. The lowest BCUT2D eigenvalue weighted by Gasteiger charge is -2.27. The lowest BCUT2D eigenvalue weighted by Crippen LogP contribution is -2.38. The van der Waals surface area contributed by atoms with Crippen LogP contribution in [0.4, 0.5) is 0 Å². The van der Waals surface area contributed by atoms with E-state index in [2.05, 4.69) is 9.97 Å². The number of hydrogen-bond donors (Lipinski definition) is 0. The average Bonchev–Trinajstić information content (AvgIpc) is 3.25. The number of carbonyl (C=O) groups excluding carboxylic acids is 1. The van der Waals surface area contributed by atoms with Crippen LogP contribution in [0.5, 0.6) is 6.01 Å². The zero-order chi connectivity index (χ0) is 15.4. The standard InChI is InChI=1S/C16H19N3O3/c1-21-16-17-9-8-14(18-16)15(20)19(12-5-2-3-6-12)11-13-7-4-10-22-13/h4,7-10,12H,2-3,5-6,11H2,1H3. The van der Waals surface area contributed by atoms with Crippen molar-refractivity contribution in [3.63, 3.8) is 0 Å². The van der Waals surface area contributed by atoms with E-state index in [0.29, 0.717) is 12.2 Å². The minimum Gasteiger partial charge on any atom is -0.467 e. The molecule has 1 aliphatic rings. The molecule has 6 heteroatoms. The number of nitrogens with zero attached hydrogens (tertiary/aromatic N) is 3. The highest BCUT2D eigenvalue weighted by atomic mass is 16.5. The Balaban J connectivity index is 1.84. The number of methoxy groups -OCH3 is 1. The third-order valence-corrected chi connectivity index (χ3v) is 3.97. The van der Waals surface area contributed by atoms with Crippen molar-refractivity contribution in [1.29, 1.82) is 0 Å². The van der Waals surface area contributed by atoms with Crippen LogP contribution in [0.3, 0.4) is 0 Å². The van der Waals surface area contributed by atoms with E-state index in [1.54, 1.807) is 18.5 Å². The van der Waals surface area contributed by atoms with Crippen molar-refractivity contribution in [2.75, 3.05) is 7.11 Å². The van der Waals surface area contributed by atoms with Crippen molar-refractivity contribution >= 4 is 5.91 Å². The summed E-state index contributed by atoms with van der Waals surface area (Å²) in [6, 6.07) is 5.78. The molecular weight excluding hydrogens is 282 g/mol. The first-order valence-electron chi connectivity index (χ1n) is 7.48. The zero-order valence-corrected chi connectivity index (χ0v) is 12.6. The van der Waals surface area contributed by atoms with Crippen LogP contribution in [0, 0.1) is 0 Å². The Hall–Kier alpha value is -2.37. The molecule has 116 valence electrons. The highest BCUT2D eigenvalue weighted by Gasteiger charge is 2.29. The van der Waals surface area contributed by atoms with Gasteiger partial charge in [-0.25, -0.2) is 4.98 Å². The molecule has 0 N–H and O–H groups in total. The Labute approximate surface area is 129 Å². The van der Waals surface area contributed by atoms with Crippen molar-refractivity contribution in [2.24, 2.45) is 0 Å². The van der Waals surface area contributed by atoms with Crippen LogP contribution in [0.1, 0.15) is 41.9 Å². The van der Waals surface area contributed by atoms with Gasteiger partial charge in [-0.3, -0.25) is 4.79 Å². The number of ether oxygens (including phenoxy) is 1. The molecule has 1 amide bonds. The van der Waals surface area contributed by atoms with Gasteiger partial charge in [-0.15, -0.1) is 0 Å². The Morgan fingerprint density at radius 3 is 2.91 bits per heavy atom. The Bertz CT molecular complexity index is 621. The quantitative estimate of drug-likeness (QED) is 0.849. The van der Waals surface area contributed by atoms with Crippen LogP contribution in [0.15, 0.2) is 35.1 Å². The lowest BCUT2D eigenvalue weighted by atomic mass is 10.2. The SMILES string of the molecule is COc1nccc(C(=O)N(Cc2ccco2)C2CCCC2)n1. The number of rotatable bonds is 5. The normalized spacial score (nSPS) is 15.0. The first-order valence-corrected chi connectivity index (χ1v) is 7.48. The second-order valence-corrected chi connectivity index (χ2v) is 5.38. The highest BCUT2D eigenvalue weighted by molar-refractivity contribution is 5.92. The maximum atomic E-state index is 12.9. The first-order chi connectivity index (χ1) is 10.8. The average molecular weight is 301 g/mol. The number of carbonyl (C=O) groups is 1. The van der Waals surface area contributed by atoms with Crippen molar-refractivity contribution in [1.82, 2.24) is 14.9 Å². The molecule has 2 aromatic rings. The molecule has 2 aromatic heterocycles. The van der Waals surface area contributed by atoms with Crippen molar-refractivity contribution in [3.8, 4) is 6.01 Å². The van der Waals surface area contributed by atoms with Gasteiger partial charge in [0.25, 0.3) is 5.91 Å². The molecular formula is C16H19N3O3. The van der Waals surface area contributed by atoms with Gasteiger partial charge < -0.3 is 14.1 Å². The van der Waals surface area contributed by atoms with Crippen LogP contribution in [-0.4, -0.2) is 33.9 Å². The summed E-state index contributed by atoms with van der Waals surface area (Å²) in [5.74, 6) is 0.672. The second-order valence-electron chi connectivity index (χ2n) is 5.38. The molecule has 0 atom stereocenters. The molecule has 1 saturated carbocycles. The van der Waals surface area contributed by atoms with E-state index in [-0.39, 0.29) is 18.0 Å². The predicted octanol–water partition coefficient (Wildman–Crippen LogP) is 2.66. The van der Waals surface area contributed by atoms with E-state index in [0.717, 1.165) is 31.4 Å². The van der Waals surface area contributed by atoms with Crippen molar-refractivity contribution in [3.05, 3.63) is 42.1 Å². The van der Waals surface area contributed by atoms with Gasteiger partial charge in [-0.1, -0.05) is 12.8 Å². The highest BCUT2D eigenvalue weighted by Crippen LogP contribution is 2.26. The lowest BCUT2D eigenvalue weighted by molar-refractivity contribution is 0.0641. The van der Waals surface area contributed by atoms with Gasteiger partial charge in [0.15, 0.2) is 0 Å². The van der Waals surface area contributed by atoms with Crippen LogP contribution in [0.25, 0.3) is 0 Å². The number of aromatic nitrogens is 2. The number of furan rings is 1. The van der Waals surface area contributed by atoms with Crippen LogP contribution < -0.4 is 4.74 Å². The molecule has 1 aliphatic carbocycles. The minimum atomic E-state index is -0.107. The van der Waals surface area contributed by atoms with Crippen molar-refractivity contribution in [2.45, 2.75) is 38.3 Å². The predicted molar refractivity (Wildman–Crippen MR) is 79.4 cm³/mol. The van der Waals surface area contributed by atoms with Gasteiger partial charge in [0.1, 0.15) is 11.5 Å². The number of hydrogen-bond acceptors (Lipinski definition) is 5. The van der Waals surface area contributed by atoms with Gasteiger partial charge in [0, 0.05) is 12.2 Å². The third-order valence-electron chi connectivity index (χ3n) is 3.97. The minimum absolute atomic E-state index is 0.107. The summed E-state index contributed by atoms with van der Waals surface area (Å²) < 4.78 is 10.4. The maximum absolute atomic E-state index is 12.9. The van der Waals surface area contributed by atoms with E-state index in [1.165, 1.54) is 7.11 Å². The van der Waals surface area contributed by atoms with Gasteiger partial charge in [0.05, 0.1) is 19.9 Å². The van der Waals surface area contributed by atoms with Crippen molar-refractivity contribution < 1.29 is 13.9 Å². The molecule has 0 aromatic carbocycles. The third kappa shape index (κ3) is 3.10. The second kappa shape index (κ2) is 6.60. The molecule has 1 fully saturated rings. The topological polar surface area (TPSA) is 68.5 Å². The van der Waals surface area contributed by atoms with E-state index >= 15 is 0 Å². The molecule has 0 bridgehead atoms. The fraction of sp³-hybridized carbons (Fsp3) is 0.438. The van der Waals surface area contributed by atoms with Crippen LogP contribution in [-0.2, 0) is 6.54 Å². The zero-order valence-electron chi connectivity index (χ0n) is 12.6. The van der Waals surface area contributed by atoms with E-state index < -0.39 is 0 Å². The van der Waals surface area contributed by atoms with Crippen LogP contribution >= 0.6 is 0 Å². The molecule has 0 aliphatic heterocycles. The Morgan fingerprint density at radius 2 is 2.23 bits per heavy atom. The molecule has 0 spiro atoms. The summed E-state index contributed by atoms with van der Waals surface area (Å²) >= 11 is 0.